The van der Waals surface area contributed by atoms with E-state index in [9.17, 15) is 9.59 Å². The van der Waals surface area contributed by atoms with E-state index in [2.05, 4.69) is 5.43 Å². The molecule has 0 bridgehead atoms. The van der Waals surface area contributed by atoms with Crippen LogP contribution >= 0.6 is 0 Å². The monoisotopic (exact) mass is 378 g/mol. The van der Waals surface area contributed by atoms with E-state index in [1.165, 1.54) is 5.01 Å². The van der Waals surface area contributed by atoms with Gasteiger partial charge in [0.1, 0.15) is 5.75 Å². The zero-order chi connectivity index (χ0) is 19.5. The average Bonchev–Trinajstić information content (AvgIpc) is 3.51. The number of hydrogen-bond donors (Lipinski definition) is 1. The molecule has 0 radical (unpaired) electrons. The summed E-state index contributed by atoms with van der Waals surface area (Å²) >= 11 is 0. The largest absolute Gasteiger partial charge is 0.497 e. The zero-order valence-electron chi connectivity index (χ0n) is 15.6. The van der Waals surface area contributed by atoms with Gasteiger partial charge >= 0.3 is 5.97 Å². The van der Waals surface area contributed by atoms with E-state index in [1.54, 1.807) is 7.11 Å². The highest BCUT2D eigenvalue weighted by Gasteiger charge is 2.34. The first kappa shape index (κ1) is 18.1. The van der Waals surface area contributed by atoms with Gasteiger partial charge in [0.05, 0.1) is 24.8 Å². The molecule has 6 heteroatoms. The number of hydrogen-bond acceptors (Lipinski definition) is 5. The van der Waals surface area contributed by atoms with Gasteiger partial charge in [-0.25, -0.2) is 5.01 Å². The molecule has 1 saturated carbocycles. The lowest BCUT2D eigenvalue weighted by molar-refractivity contribution is -0.154. The third-order valence-electron chi connectivity index (χ3n) is 4.90. The summed E-state index contributed by atoms with van der Waals surface area (Å²) in [5.41, 5.74) is 5.92. The second kappa shape index (κ2) is 7.76. The number of nitrogens with zero attached hydrogens (tertiary/aromatic N) is 1. The molecule has 0 aromatic heterocycles. The van der Waals surface area contributed by atoms with Gasteiger partial charge in [0, 0.05) is 0 Å². The van der Waals surface area contributed by atoms with Crippen molar-refractivity contribution in [2.75, 3.05) is 13.7 Å². The van der Waals surface area contributed by atoms with Crippen LogP contribution in [0.25, 0.3) is 5.70 Å². The number of ether oxygens (including phenoxy) is 2. The maximum absolute atomic E-state index is 12.8. The number of amides is 1. The lowest BCUT2D eigenvalue weighted by atomic mass is 10.0. The molecule has 0 spiro atoms. The molecule has 2 aliphatic rings. The number of carbonyl (C=O) groups excluding carboxylic acids is 2. The lowest BCUT2D eigenvalue weighted by Gasteiger charge is -2.25. The van der Waals surface area contributed by atoms with Gasteiger partial charge in [0.25, 0.3) is 5.91 Å². The fourth-order valence-corrected chi connectivity index (χ4v) is 3.15. The molecule has 2 aromatic carbocycles. The number of carbonyl (C=O) groups is 2. The topological polar surface area (TPSA) is 67.9 Å². The van der Waals surface area contributed by atoms with E-state index in [0.717, 1.165) is 35.4 Å². The van der Waals surface area contributed by atoms with Crippen LogP contribution in [0.5, 0.6) is 5.75 Å². The van der Waals surface area contributed by atoms with Gasteiger partial charge < -0.3 is 9.47 Å². The number of esters is 1. The van der Waals surface area contributed by atoms with E-state index < -0.39 is 0 Å². The Kier molecular flexibility index (Phi) is 5.02. The molecule has 0 unspecified atom stereocenters. The number of benzene rings is 2. The second-order valence-electron chi connectivity index (χ2n) is 6.92. The molecule has 2 aromatic rings. The molecule has 144 valence electrons. The molecule has 1 aliphatic carbocycles. The summed E-state index contributed by atoms with van der Waals surface area (Å²) in [5.74, 6) is 0.134. The van der Waals surface area contributed by atoms with Crippen LogP contribution in [-0.4, -0.2) is 30.6 Å². The first-order valence-corrected chi connectivity index (χ1v) is 9.32. The number of methoxy groups -OCH3 is 1. The molecule has 4 rings (SSSR count). The molecular weight excluding hydrogens is 356 g/mol. The summed E-state index contributed by atoms with van der Waals surface area (Å²) in [6, 6.07) is 17.0. The molecule has 28 heavy (non-hydrogen) atoms. The van der Waals surface area contributed by atoms with Crippen molar-refractivity contribution in [2.45, 2.75) is 18.9 Å². The summed E-state index contributed by atoms with van der Waals surface area (Å²) in [6.45, 7) is -0.273. The highest BCUT2D eigenvalue weighted by molar-refractivity contribution is 5.84. The van der Waals surface area contributed by atoms with E-state index in [1.807, 2.05) is 60.7 Å². The molecule has 1 atom stereocenters. The van der Waals surface area contributed by atoms with Gasteiger partial charge in [0.15, 0.2) is 6.61 Å². The highest BCUT2D eigenvalue weighted by Crippen LogP contribution is 2.33. The number of hydrazine groups is 1. The Labute approximate surface area is 163 Å². The Morgan fingerprint density at radius 3 is 2.43 bits per heavy atom. The smallest absolute Gasteiger partial charge is 0.309 e. The predicted octanol–water partition coefficient (Wildman–Crippen LogP) is 3.08. The van der Waals surface area contributed by atoms with Crippen molar-refractivity contribution in [3.63, 3.8) is 0 Å². The van der Waals surface area contributed by atoms with Crippen molar-refractivity contribution in [3.8, 4) is 5.75 Å². The zero-order valence-corrected chi connectivity index (χ0v) is 15.6. The van der Waals surface area contributed by atoms with E-state index in [-0.39, 0.29) is 30.4 Å². The van der Waals surface area contributed by atoms with Crippen LogP contribution in [0.4, 0.5) is 0 Å². The molecule has 1 aliphatic heterocycles. The van der Waals surface area contributed by atoms with Crippen LogP contribution in [-0.2, 0) is 14.3 Å². The van der Waals surface area contributed by atoms with E-state index >= 15 is 0 Å². The van der Waals surface area contributed by atoms with E-state index in [0.29, 0.717) is 0 Å². The standard InChI is InChI=1S/C22H22N2O4/c1-27-18-11-9-16(10-12-18)20-13-19(15-5-3-2-4-6-15)23-24(20)21(25)14-28-22(26)17-7-8-17/h2-6,9-13,17,20,23H,7-8,14H2,1H3/t20-/m1/s1. The van der Waals surface area contributed by atoms with Gasteiger partial charge in [-0.1, -0.05) is 42.5 Å². The van der Waals surface area contributed by atoms with Crippen LogP contribution in [0.15, 0.2) is 60.7 Å². The minimum atomic E-state index is -0.312. The van der Waals surface area contributed by atoms with Gasteiger partial charge in [-0.05, 0) is 42.2 Å². The lowest BCUT2D eigenvalue weighted by Crippen LogP contribution is -2.42. The minimum absolute atomic E-state index is 0.0327. The Morgan fingerprint density at radius 1 is 1.07 bits per heavy atom. The minimum Gasteiger partial charge on any atom is -0.497 e. The Bertz CT molecular complexity index is 889. The highest BCUT2D eigenvalue weighted by atomic mass is 16.5. The SMILES string of the molecule is COc1ccc([C@H]2C=C(c3ccccc3)NN2C(=O)COC(=O)C2CC2)cc1. The molecule has 1 N–H and O–H groups in total. The van der Waals surface area contributed by atoms with Crippen molar-refractivity contribution < 1.29 is 19.1 Å². The molecular formula is C22H22N2O4. The summed E-state index contributed by atoms with van der Waals surface area (Å²) in [4.78, 5) is 24.6. The van der Waals surface area contributed by atoms with Gasteiger partial charge in [-0.15, -0.1) is 0 Å². The Morgan fingerprint density at radius 2 is 1.79 bits per heavy atom. The fraction of sp³-hybridized carbons (Fsp3) is 0.273. The molecule has 6 nitrogen and oxygen atoms in total. The van der Waals surface area contributed by atoms with Crippen molar-refractivity contribution in [1.82, 2.24) is 10.4 Å². The molecule has 1 fully saturated rings. The maximum atomic E-state index is 12.8. The second-order valence-corrected chi connectivity index (χ2v) is 6.92. The third-order valence-corrected chi connectivity index (χ3v) is 4.90. The number of nitrogens with one attached hydrogen (secondary N) is 1. The Hall–Kier alpha value is -3.28. The normalized spacial score (nSPS) is 18.2. The summed E-state index contributed by atoms with van der Waals surface area (Å²) in [6.07, 6.45) is 3.70. The van der Waals surface area contributed by atoms with Crippen LogP contribution in [0.2, 0.25) is 0 Å². The third kappa shape index (κ3) is 3.86. The van der Waals surface area contributed by atoms with Crippen molar-refractivity contribution >= 4 is 17.6 Å². The maximum Gasteiger partial charge on any atom is 0.309 e. The van der Waals surface area contributed by atoms with Gasteiger partial charge in [-0.2, -0.15) is 0 Å². The number of rotatable bonds is 6. The van der Waals surface area contributed by atoms with Crippen molar-refractivity contribution in [3.05, 3.63) is 71.8 Å². The molecule has 0 saturated heterocycles. The fourth-order valence-electron chi connectivity index (χ4n) is 3.15. The van der Waals surface area contributed by atoms with Crippen LogP contribution in [0.1, 0.15) is 30.0 Å². The first-order valence-electron chi connectivity index (χ1n) is 9.32. The van der Waals surface area contributed by atoms with Crippen molar-refractivity contribution in [2.24, 2.45) is 5.92 Å². The van der Waals surface area contributed by atoms with Gasteiger partial charge in [0.2, 0.25) is 0 Å². The summed E-state index contributed by atoms with van der Waals surface area (Å²) < 4.78 is 10.4. The summed E-state index contributed by atoms with van der Waals surface area (Å²) in [5, 5.41) is 1.52. The Balaban J connectivity index is 1.55. The van der Waals surface area contributed by atoms with Gasteiger partial charge in [-0.3, -0.25) is 15.0 Å². The quantitative estimate of drug-likeness (QED) is 0.783. The predicted molar refractivity (Wildman–Crippen MR) is 104 cm³/mol. The first-order chi connectivity index (χ1) is 13.7. The van der Waals surface area contributed by atoms with Crippen LogP contribution in [0.3, 0.4) is 0 Å². The summed E-state index contributed by atoms with van der Waals surface area (Å²) in [7, 11) is 1.61. The van der Waals surface area contributed by atoms with Crippen molar-refractivity contribution in [1.29, 1.82) is 0 Å². The van der Waals surface area contributed by atoms with Crippen LogP contribution < -0.4 is 10.2 Å². The molecule has 1 amide bonds. The molecule has 1 heterocycles. The average molecular weight is 378 g/mol. The van der Waals surface area contributed by atoms with E-state index in [4.69, 9.17) is 9.47 Å². The van der Waals surface area contributed by atoms with Crippen LogP contribution in [0, 0.1) is 5.92 Å².